The summed E-state index contributed by atoms with van der Waals surface area (Å²) in [6.45, 7) is 2.33. The second-order valence-electron chi connectivity index (χ2n) is 7.73. The topological polar surface area (TPSA) is 70.8 Å². The Kier molecular flexibility index (Phi) is 4.67. The summed E-state index contributed by atoms with van der Waals surface area (Å²) in [4.78, 5) is 28.6. The first-order valence-electron chi connectivity index (χ1n) is 9.84. The number of phenols is 1. The van der Waals surface area contributed by atoms with E-state index in [9.17, 15) is 14.7 Å². The van der Waals surface area contributed by atoms with Crippen LogP contribution in [0.2, 0.25) is 0 Å². The minimum Gasteiger partial charge on any atom is -0.508 e. The Hall–Kier alpha value is -3.38. The summed E-state index contributed by atoms with van der Waals surface area (Å²) in [5.41, 5.74) is 3.29. The van der Waals surface area contributed by atoms with E-state index >= 15 is 0 Å². The molecular weight excluding hydrogens is 458 g/mol. The summed E-state index contributed by atoms with van der Waals surface area (Å²) >= 11 is 3.40. The van der Waals surface area contributed by atoms with Crippen molar-refractivity contribution in [3.8, 4) is 5.75 Å². The van der Waals surface area contributed by atoms with E-state index in [-0.39, 0.29) is 22.8 Å². The van der Waals surface area contributed by atoms with Crippen molar-refractivity contribution in [2.24, 2.45) is 0 Å². The molecule has 0 radical (unpaired) electrons. The number of hydrogen-bond acceptors (Lipinski definition) is 4. The average Bonchev–Trinajstić information content (AvgIpc) is 3.03. The van der Waals surface area contributed by atoms with Gasteiger partial charge < -0.3 is 14.4 Å². The molecule has 4 aromatic rings. The maximum Gasteiger partial charge on any atom is 0.291 e. The van der Waals surface area contributed by atoms with Gasteiger partial charge in [0.05, 0.1) is 17.0 Å². The van der Waals surface area contributed by atoms with Crippen molar-refractivity contribution in [1.82, 2.24) is 4.90 Å². The lowest BCUT2D eigenvalue weighted by Crippen LogP contribution is -2.29. The van der Waals surface area contributed by atoms with E-state index in [1.54, 1.807) is 47.4 Å². The molecule has 2 heterocycles. The van der Waals surface area contributed by atoms with Gasteiger partial charge in [0.15, 0.2) is 5.43 Å². The maximum atomic E-state index is 13.5. The summed E-state index contributed by atoms with van der Waals surface area (Å²) in [6, 6.07) is 19.1. The summed E-state index contributed by atoms with van der Waals surface area (Å²) in [5, 5.41) is 10.2. The molecule has 1 unspecified atom stereocenters. The lowest BCUT2D eigenvalue weighted by molar-refractivity contribution is 0.0714. The minimum atomic E-state index is -0.607. The fourth-order valence-electron chi connectivity index (χ4n) is 4.05. The monoisotopic (exact) mass is 475 g/mol. The second-order valence-corrected chi connectivity index (χ2v) is 8.64. The molecule has 0 spiro atoms. The molecule has 154 valence electrons. The van der Waals surface area contributed by atoms with E-state index in [2.05, 4.69) is 15.9 Å². The molecule has 0 saturated heterocycles. The van der Waals surface area contributed by atoms with E-state index in [1.165, 1.54) is 0 Å². The molecular formula is C25H18BrNO4. The molecule has 1 aromatic heterocycles. The van der Waals surface area contributed by atoms with Gasteiger partial charge in [-0.3, -0.25) is 9.59 Å². The van der Waals surface area contributed by atoms with E-state index in [1.807, 2.05) is 31.2 Å². The van der Waals surface area contributed by atoms with Crippen LogP contribution in [-0.2, 0) is 6.54 Å². The van der Waals surface area contributed by atoms with Gasteiger partial charge in [-0.15, -0.1) is 0 Å². The predicted molar refractivity (Wildman–Crippen MR) is 121 cm³/mol. The third-order valence-electron chi connectivity index (χ3n) is 5.61. The lowest BCUT2D eigenvalue weighted by Gasteiger charge is -2.25. The van der Waals surface area contributed by atoms with Crippen LogP contribution in [0.1, 0.15) is 38.9 Å². The zero-order valence-corrected chi connectivity index (χ0v) is 18.2. The van der Waals surface area contributed by atoms with Gasteiger partial charge in [0.25, 0.3) is 5.91 Å². The number of aryl methyl sites for hydroxylation is 1. The fraction of sp³-hybridized carbons (Fsp3) is 0.120. The zero-order chi connectivity index (χ0) is 21.7. The molecule has 3 aromatic carbocycles. The van der Waals surface area contributed by atoms with Crippen LogP contribution in [0.25, 0.3) is 11.0 Å². The average molecular weight is 476 g/mol. The summed E-state index contributed by atoms with van der Waals surface area (Å²) in [7, 11) is 0. The summed E-state index contributed by atoms with van der Waals surface area (Å²) in [5.74, 6) is -0.131. The molecule has 1 aliphatic rings. The van der Waals surface area contributed by atoms with Gasteiger partial charge >= 0.3 is 0 Å². The number of halogens is 1. The highest BCUT2D eigenvalue weighted by Crippen LogP contribution is 2.39. The highest BCUT2D eigenvalue weighted by atomic mass is 79.9. The number of hydrogen-bond donors (Lipinski definition) is 1. The SMILES string of the molecule is Cc1ccc(CN2C(=O)c3oc4ccc(Br)cc4c(=O)c3C2c2ccc(O)cc2)cc1. The zero-order valence-electron chi connectivity index (χ0n) is 16.6. The summed E-state index contributed by atoms with van der Waals surface area (Å²) < 4.78 is 6.71. The smallest absolute Gasteiger partial charge is 0.291 e. The number of nitrogens with zero attached hydrogens (tertiary/aromatic N) is 1. The number of fused-ring (bicyclic) bond motifs is 2. The summed E-state index contributed by atoms with van der Waals surface area (Å²) in [6.07, 6.45) is 0. The first kappa shape index (κ1) is 19.6. The van der Waals surface area contributed by atoms with Gasteiger partial charge in [0, 0.05) is 11.0 Å². The second kappa shape index (κ2) is 7.39. The van der Waals surface area contributed by atoms with Crippen molar-refractivity contribution in [3.63, 3.8) is 0 Å². The number of phenolic OH excluding ortho intramolecular Hbond substituents is 1. The van der Waals surface area contributed by atoms with Crippen LogP contribution >= 0.6 is 15.9 Å². The van der Waals surface area contributed by atoms with Gasteiger partial charge in [-0.1, -0.05) is 57.9 Å². The Labute approximate surface area is 186 Å². The minimum absolute atomic E-state index is 0.0741. The predicted octanol–water partition coefficient (Wildman–Crippen LogP) is 5.31. The first-order chi connectivity index (χ1) is 14.9. The van der Waals surface area contributed by atoms with Gasteiger partial charge in [-0.2, -0.15) is 0 Å². The van der Waals surface area contributed by atoms with Gasteiger partial charge in [0.1, 0.15) is 11.3 Å². The highest BCUT2D eigenvalue weighted by Gasteiger charge is 2.42. The number of benzene rings is 3. The molecule has 1 N–H and O–H groups in total. The Morgan fingerprint density at radius 2 is 1.71 bits per heavy atom. The van der Waals surface area contributed by atoms with Gasteiger partial charge in [-0.05, 0) is 48.4 Å². The molecule has 5 rings (SSSR count). The van der Waals surface area contributed by atoms with Crippen LogP contribution in [0.15, 0.2) is 80.4 Å². The first-order valence-corrected chi connectivity index (χ1v) is 10.6. The molecule has 0 fully saturated rings. The van der Waals surface area contributed by atoms with Crippen LogP contribution in [0.3, 0.4) is 0 Å². The van der Waals surface area contributed by atoms with Crippen LogP contribution < -0.4 is 5.43 Å². The third kappa shape index (κ3) is 3.33. The lowest BCUT2D eigenvalue weighted by atomic mass is 9.98. The molecule has 0 aliphatic carbocycles. The van der Waals surface area contributed by atoms with Crippen molar-refractivity contribution in [2.45, 2.75) is 19.5 Å². The Morgan fingerprint density at radius 1 is 1.00 bits per heavy atom. The molecule has 0 saturated carbocycles. The molecule has 1 aliphatic heterocycles. The number of carbonyl (C=O) groups is 1. The maximum absolute atomic E-state index is 13.5. The van der Waals surface area contributed by atoms with Crippen LogP contribution in [0.5, 0.6) is 5.75 Å². The quantitative estimate of drug-likeness (QED) is 0.435. The normalized spacial score (nSPS) is 15.5. The fourth-order valence-corrected chi connectivity index (χ4v) is 4.41. The van der Waals surface area contributed by atoms with Crippen molar-refractivity contribution in [2.75, 3.05) is 0 Å². The molecule has 31 heavy (non-hydrogen) atoms. The number of rotatable bonds is 3. The largest absolute Gasteiger partial charge is 0.508 e. The van der Waals surface area contributed by atoms with Crippen molar-refractivity contribution in [1.29, 1.82) is 0 Å². The van der Waals surface area contributed by atoms with Crippen molar-refractivity contribution in [3.05, 3.63) is 109 Å². The van der Waals surface area contributed by atoms with E-state index < -0.39 is 6.04 Å². The number of amides is 1. The molecule has 5 nitrogen and oxygen atoms in total. The van der Waals surface area contributed by atoms with Crippen LogP contribution in [0, 0.1) is 6.92 Å². The Bertz CT molecular complexity index is 1370. The molecule has 1 amide bonds. The van der Waals surface area contributed by atoms with Gasteiger partial charge in [-0.25, -0.2) is 0 Å². The van der Waals surface area contributed by atoms with Crippen LogP contribution in [0.4, 0.5) is 0 Å². The Balaban J connectivity index is 1.72. The number of aromatic hydroxyl groups is 1. The van der Waals surface area contributed by atoms with E-state index in [4.69, 9.17) is 4.42 Å². The molecule has 1 atom stereocenters. The molecule has 0 bridgehead atoms. The van der Waals surface area contributed by atoms with Crippen LogP contribution in [-0.4, -0.2) is 15.9 Å². The van der Waals surface area contributed by atoms with E-state index in [0.29, 0.717) is 23.1 Å². The molecule has 6 heteroatoms. The Morgan fingerprint density at radius 3 is 2.42 bits per heavy atom. The van der Waals surface area contributed by atoms with Gasteiger partial charge in [0.2, 0.25) is 5.76 Å². The third-order valence-corrected chi connectivity index (χ3v) is 6.10. The van der Waals surface area contributed by atoms with Crippen molar-refractivity contribution < 1.29 is 14.3 Å². The number of carbonyl (C=O) groups excluding carboxylic acids is 1. The standard InChI is InChI=1S/C25H18BrNO4/c1-14-2-4-15(5-3-14)13-27-22(16-6-9-18(28)10-7-16)21-23(29)19-12-17(26)8-11-20(19)31-24(21)25(27)30/h2-12,22,28H,13H2,1H3. The van der Waals surface area contributed by atoms with E-state index in [0.717, 1.165) is 21.2 Å². The van der Waals surface area contributed by atoms with Crippen molar-refractivity contribution >= 4 is 32.8 Å². The highest BCUT2D eigenvalue weighted by molar-refractivity contribution is 9.10.